The Morgan fingerprint density at radius 1 is 1.22 bits per heavy atom. The van der Waals surface area contributed by atoms with E-state index < -0.39 is 0 Å². The van der Waals surface area contributed by atoms with Crippen molar-refractivity contribution < 1.29 is 9.32 Å². The normalized spacial score (nSPS) is 25.4. The number of aryl methyl sites for hydroxylation is 1. The quantitative estimate of drug-likeness (QED) is 0.805. The third kappa shape index (κ3) is 3.57. The first-order chi connectivity index (χ1) is 11.2. The molecule has 0 saturated carbocycles. The summed E-state index contributed by atoms with van der Waals surface area (Å²) in [4.78, 5) is 21.2. The third-order valence-corrected chi connectivity index (χ3v) is 5.10. The second-order valence-corrected chi connectivity index (χ2v) is 6.68. The number of hydrogen-bond acceptors (Lipinski definition) is 5. The summed E-state index contributed by atoms with van der Waals surface area (Å²) < 4.78 is 5.40. The zero-order chi connectivity index (χ0) is 16.2. The van der Waals surface area contributed by atoms with E-state index in [9.17, 15) is 4.79 Å². The first kappa shape index (κ1) is 16.4. The average molecular weight is 320 g/mol. The largest absolute Gasteiger partial charge is 0.338 e. The van der Waals surface area contributed by atoms with Crippen LogP contribution < -0.4 is 0 Å². The fourth-order valence-electron chi connectivity index (χ4n) is 4.04. The van der Waals surface area contributed by atoms with Gasteiger partial charge in [0.15, 0.2) is 5.82 Å². The van der Waals surface area contributed by atoms with Crippen molar-refractivity contribution in [3.8, 4) is 0 Å². The first-order valence-electron chi connectivity index (χ1n) is 9.08. The third-order valence-electron chi connectivity index (χ3n) is 5.10. The van der Waals surface area contributed by atoms with Crippen molar-refractivity contribution in [3.05, 3.63) is 11.7 Å². The molecule has 2 aliphatic heterocycles. The van der Waals surface area contributed by atoms with Gasteiger partial charge in [-0.2, -0.15) is 4.98 Å². The van der Waals surface area contributed by atoms with E-state index in [2.05, 4.69) is 26.9 Å². The van der Waals surface area contributed by atoms with Crippen LogP contribution in [0.25, 0.3) is 0 Å². The number of nitrogens with zero attached hydrogens (tertiary/aromatic N) is 4. The molecule has 2 atom stereocenters. The Morgan fingerprint density at radius 3 is 2.78 bits per heavy atom. The van der Waals surface area contributed by atoms with Gasteiger partial charge in [-0.1, -0.05) is 19.0 Å². The van der Waals surface area contributed by atoms with Crippen LogP contribution in [0.5, 0.6) is 0 Å². The molecule has 0 aromatic carbocycles. The summed E-state index contributed by atoms with van der Waals surface area (Å²) in [5, 5.41) is 4.05. The van der Waals surface area contributed by atoms with Crippen LogP contribution in [0.4, 0.5) is 0 Å². The maximum absolute atomic E-state index is 12.2. The van der Waals surface area contributed by atoms with Crippen molar-refractivity contribution in [2.24, 2.45) is 0 Å². The molecule has 2 unspecified atom stereocenters. The molecule has 23 heavy (non-hydrogen) atoms. The lowest BCUT2D eigenvalue weighted by Crippen LogP contribution is -2.47. The van der Waals surface area contributed by atoms with Gasteiger partial charge < -0.3 is 9.42 Å². The monoisotopic (exact) mass is 320 g/mol. The van der Waals surface area contributed by atoms with Gasteiger partial charge in [-0.05, 0) is 38.6 Å². The number of carbonyl (C=O) groups excluding carboxylic acids is 1. The van der Waals surface area contributed by atoms with Gasteiger partial charge in [-0.3, -0.25) is 9.69 Å². The molecule has 3 heterocycles. The van der Waals surface area contributed by atoms with Gasteiger partial charge in [0.2, 0.25) is 11.8 Å². The summed E-state index contributed by atoms with van der Waals surface area (Å²) in [6, 6.07) is 0.803. The van der Waals surface area contributed by atoms with Crippen molar-refractivity contribution >= 4 is 5.91 Å². The maximum Gasteiger partial charge on any atom is 0.240 e. The number of hydrogen-bond donors (Lipinski definition) is 0. The number of amides is 1. The second-order valence-electron chi connectivity index (χ2n) is 6.68. The highest BCUT2D eigenvalue weighted by Gasteiger charge is 2.39. The minimum absolute atomic E-state index is 0.294. The lowest BCUT2D eigenvalue weighted by molar-refractivity contribution is -0.132. The Labute approximate surface area is 138 Å². The zero-order valence-corrected chi connectivity index (χ0v) is 14.3. The molecule has 2 fully saturated rings. The average Bonchev–Trinajstić information content (AvgIpc) is 3.27. The highest BCUT2D eigenvalue weighted by Crippen LogP contribution is 2.31. The highest BCUT2D eigenvalue weighted by atomic mass is 16.5. The van der Waals surface area contributed by atoms with Crippen molar-refractivity contribution in [2.75, 3.05) is 13.1 Å². The molecular formula is C17H28N4O2. The lowest BCUT2D eigenvalue weighted by Gasteiger charge is -2.34. The van der Waals surface area contributed by atoms with Crippen molar-refractivity contribution in [1.29, 1.82) is 0 Å². The van der Waals surface area contributed by atoms with Gasteiger partial charge >= 0.3 is 0 Å². The van der Waals surface area contributed by atoms with Crippen LogP contribution in [0.2, 0.25) is 0 Å². The Balaban J connectivity index is 1.66. The molecule has 128 valence electrons. The molecule has 0 aliphatic carbocycles. The topological polar surface area (TPSA) is 62.5 Å². The van der Waals surface area contributed by atoms with E-state index in [4.69, 9.17) is 4.52 Å². The van der Waals surface area contributed by atoms with Crippen molar-refractivity contribution in [3.63, 3.8) is 0 Å². The lowest BCUT2D eigenvalue weighted by atomic mass is 10.0. The highest BCUT2D eigenvalue weighted by molar-refractivity contribution is 5.76. The van der Waals surface area contributed by atoms with E-state index in [-0.39, 0.29) is 0 Å². The first-order valence-corrected chi connectivity index (χ1v) is 9.08. The minimum atomic E-state index is 0.294. The Bertz CT molecular complexity index is 530. The molecule has 0 spiro atoms. The van der Waals surface area contributed by atoms with Crippen LogP contribution in [0.3, 0.4) is 0 Å². The summed E-state index contributed by atoms with van der Waals surface area (Å²) in [7, 11) is 0. The van der Waals surface area contributed by atoms with Crippen LogP contribution in [-0.2, 0) is 17.8 Å². The van der Waals surface area contributed by atoms with Crippen molar-refractivity contribution in [1.82, 2.24) is 19.9 Å². The number of rotatable bonds is 6. The van der Waals surface area contributed by atoms with Gasteiger partial charge in [0.25, 0.3) is 0 Å². The van der Waals surface area contributed by atoms with Gasteiger partial charge in [0, 0.05) is 31.5 Å². The summed E-state index contributed by atoms with van der Waals surface area (Å²) >= 11 is 0. The Morgan fingerprint density at radius 2 is 2.00 bits per heavy atom. The van der Waals surface area contributed by atoms with Crippen LogP contribution in [-0.4, -0.2) is 51.0 Å². The molecule has 0 radical (unpaired) electrons. The molecule has 1 aromatic rings. The SMILES string of the molecule is CCCc1noc(CN2CCCC2C2CCCN2C(=O)CC)n1. The molecule has 1 aromatic heterocycles. The second kappa shape index (κ2) is 7.43. The fourth-order valence-corrected chi connectivity index (χ4v) is 4.04. The van der Waals surface area contributed by atoms with Crippen molar-refractivity contribution in [2.45, 2.75) is 77.4 Å². The maximum atomic E-state index is 12.2. The molecule has 6 heteroatoms. The summed E-state index contributed by atoms with van der Waals surface area (Å²) in [5.41, 5.74) is 0. The molecule has 2 saturated heterocycles. The number of aromatic nitrogens is 2. The van der Waals surface area contributed by atoms with Crippen LogP contribution in [0.15, 0.2) is 4.52 Å². The van der Waals surface area contributed by atoms with E-state index in [1.165, 1.54) is 6.42 Å². The molecular weight excluding hydrogens is 292 g/mol. The standard InChI is InChI=1S/C17H28N4O2/c1-3-7-15-18-16(23-19-15)12-20-10-5-8-13(20)14-9-6-11-21(14)17(22)4-2/h13-14H,3-12H2,1-2H3. The predicted octanol–water partition coefficient (Wildman–Crippen LogP) is 2.39. The molecule has 6 nitrogen and oxygen atoms in total. The molecule has 0 N–H and O–H groups in total. The van der Waals surface area contributed by atoms with E-state index >= 15 is 0 Å². The van der Waals surface area contributed by atoms with Crippen LogP contribution >= 0.6 is 0 Å². The van der Waals surface area contributed by atoms with E-state index in [1.807, 2.05) is 6.92 Å². The molecule has 1 amide bonds. The summed E-state index contributed by atoms with van der Waals surface area (Å²) in [6.45, 7) is 6.76. The van der Waals surface area contributed by atoms with E-state index in [0.29, 0.717) is 36.8 Å². The molecule has 3 rings (SSSR count). The summed E-state index contributed by atoms with van der Waals surface area (Å²) in [5.74, 6) is 1.82. The van der Waals surface area contributed by atoms with Gasteiger partial charge in [0.05, 0.1) is 6.54 Å². The molecule has 2 aliphatic rings. The number of likely N-dealkylation sites (tertiary alicyclic amines) is 2. The minimum Gasteiger partial charge on any atom is -0.338 e. The number of carbonyl (C=O) groups is 1. The van der Waals surface area contributed by atoms with Gasteiger partial charge in [0.1, 0.15) is 0 Å². The smallest absolute Gasteiger partial charge is 0.240 e. The van der Waals surface area contributed by atoms with E-state index in [1.54, 1.807) is 0 Å². The van der Waals surface area contributed by atoms with Crippen LogP contribution in [0, 0.1) is 0 Å². The van der Waals surface area contributed by atoms with Gasteiger partial charge in [-0.25, -0.2) is 0 Å². The Hall–Kier alpha value is -1.43. The Kier molecular flexibility index (Phi) is 5.30. The summed E-state index contributed by atoms with van der Waals surface area (Å²) in [6.07, 6.45) is 7.10. The van der Waals surface area contributed by atoms with Gasteiger partial charge in [-0.15, -0.1) is 0 Å². The zero-order valence-electron chi connectivity index (χ0n) is 14.3. The molecule has 0 bridgehead atoms. The predicted molar refractivity (Wildman–Crippen MR) is 86.8 cm³/mol. The van der Waals surface area contributed by atoms with Crippen LogP contribution in [0.1, 0.15) is 64.1 Å². The fraction of sp³-hybridized carbons (Fsp3) is 0.824. The van der Waals surface area contributed by atoms with E-state index in [0.717, 1.165) is 51.0 Å².